The average molecular weight is 276 g/mol. The second kappa shape index (κ2) is 4.44. The number of rotatable bonds is 2. The van der Waals surface area contributed by atoms with E-state index in [-0.39, 0.29) is 24.8 Å². The molecular weight excluding hydrogens is 264 g/mol. The lowest BCUT2D eigenvalue weighted by Gasteiger charge is -2.15. The number of nitrogen functional groups attached to an aromatic ring is 1. The number of nitrogens with one attached hydrogen (secondary N) is 1. The Morgan fingerprint density at radius 3 is 3.10 bits per heavy atom. The molecule has 0 bridgehead atoms. The van der Waals surface area contributed by atoms with Crippen LogP contribution in [0.5, 0.6) is 0 Å². The molecule has 0 aliphatic carbocycles. The zero-order valence-electron chi connectivity index (χ0n) is 10.7. The van der Waals surface area contributed by atoms with Crippen LogP contribution in [0.1, 0.15) is 6.42 Å². The van der Waals surface area contributed by atoms with E-state index in [9.17, 15) is 9.59 Å². The summed E-state index contributed by atoms with van der Waals surface area (Å²) in [4.78, 5) is 39.9. The van der Waals surface area contributed by atoms with Crippen molar-refractivity contribution in [3.63, 3.8) is 0 Å². The molecule has 3 N–H and O–H groups in total. The van der Waals surface area contributed by atoms with Crippen molar-refractivity contribution in [2.24, 2.45) is 5.92 Å². The number of nitrogens with zero attached hydrogens (tertiary/aromatic N) is 4. The minimum Gasteiger partial charge on any atom is -0.469 e. The number of aromatic nitrogens is 4. The highest BCUT2D eigenvalue weighted by atomic mass is 16.5. The Morgan fingerprint density at radius 1 is 1.55 bits per heavy atom. The van der Waals surface area contributed by atoms with E-state index in [0.29, 0.717) is 17.0 Å². The number of H-pyrrole nitrogens is 1. The van der Waals surface area contributed by atoms with Crippen molar-refractivity contribution in [1.82, 2.24) is 19.9 Å². The van der Waals surface area contributed by atoms with E-state index in [2.05, 4.69) is 24.7 Å². The van der Waals surface area contributed by atoms with Crippen molar-refractivity contribution in [2.45, 2.75) is 6.42 Å². The molecule has 0 aromatic carbocycles. The van der Waals surface area contributed by atoms with Gasteiger partial charge in [-0.05, 0) is 0 Å². The molecule has 9 nitrogen and oxygen atoms in total. The van der Waals surface area contributed by atoms with Crippen LogP contribution in [0.25, 0.3) is 11.2 Å². The number of fused-ring (bicyclic) bond motifs is 1. The zero-order valence-corrected chi connectivity index (χ0v) is 10.7. The summed E-state index contributed by atoms with van der Waals surface area (Å²) >= 11 is 0. The number of imidazole rings is 1. The number of ether oxygens (including phenoxy) is 1. The van der Waals surface area contributed by atoms with Crippen molar-refractivity contribution in [2.75, 3.05) is 24.3 Å². The Kier molecular flexibility index (Phi) is 2.74. The maximum absolute atomic E-state index is 12.1. The summed E-state index contributed by atoms with van der Waals surface area (Å²) in [7, 11) is 1.30. The minimum atomic E-state index is -0.498. The molecule has 1 atom stereocenters. The van der Waals surface area contributed by atoms with Gasteiger partial charge in [-0.1, -0.05) is 0 Å². The van der Waals surface area contributed by atoms with E-state index < -0.39 is 11.9 Å². The van der Waals surface area contributed by atoms with E-state index in [1.54, 1.807) is 0 Å². The third-order valence-electron chi connectivity index (χ3n) is 3.20. The Labute approximate surface area is 113 Å². The van der Waals surface area contributed by atoms with Gasteiger partial charge in [0.25, 0.3) is 0 Å². The molecule has 2 aromatic rings. The van der Waals surface area contributed by atoms with Crippen LogP contribution in [-0.4, -0.2) is 45.5 Å². The molecule has 1 aliphatic heterocycles. The lowest BCUT2D eigenvalue weighted by atomic mass is 10.1. The number of carbonyl (C=O) groups is 2. The van der Waals surface area contributed by atoms with E-state index in [1.165, 1.54) is 18.3 Å². The first kappa shape index (κ1) is 12.3. The lowest BCUT2D eigenvalue weighted by molar-refractivity contribution is -0.145. The van der Waals surface area contributed by atoms with Crippen LogP contribution in [-0.2, 0) is 14.3 Å². The topological polar surface area (TPSA) is 127 Å². The number of carbonyl (C=O) groups excluding carboxylic acids is 2. The van der Waals surface area contributed by atoms with Gasteiger partial charge in [-0.15, -0.1) is 0 Å². The molecule has 0 saturated carbocycles. The van der Waals surface area contributed by atoms with Gasteiger partial charge in [0.1, 0.15) is 5.52 Å². The molecule has 0 radical (unpaired) electrons. The third-order valence-corrected chi connectivity index (χ3v) is 3.20. The van der Waals surface area contributed by atoms with Crippen molar-refractivity contribution in [3.8, 4) is 0 Å². The molecule has 1 amide bonds. The second-order valence-corrected chi connectivity index (χ2v) is 4.44. The van der Waals surface area contributed by atoms with Crippen LogP contribution in [0, 0.1) is 5.92 Å². The predicted octanol–water partition coefficient (Wildman–Crippen LogP) is -0.539. The highest BCUT2D eigenvalue weighted by Gasteiger charge is 2.37. The number of hydrogen-bond donors (Lipinski definition) is 2. The SMILES string of the molecule is COC(=O)C1CC(=O)N(c2nc(N)nc3nc[nH]c23)C1. The Balaban J connectivity index is 2.01. The summed E-state index contributed by atoms with van der Waals surface area (Å²) in [6.45, 7) is 0.204. The third kappa shape index (κ3) is 1.83. The number of methoxy groups -OCH3 is 1. The molecule has 1 fully saturated rings. The molecule has 3 heterocycles. The number of esters is 1. The van der Waals surface area contributed by atoms with Gasteiger partial charge in [0.15, 0.2) is 11.5 Å². The van der Waals surface area contributed by atoms with E-state index in [4.69, 9.17) is 5.73 Å². The normalized spacial score (nSPS) is 18.8. The number of amides is 1. The smallest absolute Gasteiger partial charge is 0.311 e. The fourth-order valence-corrected chi connectivity index (χ4v) is 2.27. The molecule has 20 heavy (non-hydrogen) atoms. The van der Waals surface area contributed by atoms with Crippen LogP contribution in [0.3, 0.4) is 0 Å². The molecule has 3 rings (SSSR count). The van der Waals surface area contributed by atoms with Gasteiger partial charge < -0.3 is 15.5 Å². The average Bonchev–Trinajstić information content (AvgIpc) is 3.03. The fraction of sp³-hybridized carbons (Fsp3) is 0.364. The van der Waals surface area contributed by atoms with Gasteiger partial charge in [0.2, 0.25) is 11.9 Å². The van der Waals surface area contributed by atoms with Crippen LogP contribution < -0.4 is 10.6 Å². The summed E-state index contributed by atoms with van der Waals surface area (Å²) in [6.07, 6.45) is 1.53. The predicted molar refractivity (Wildman–Crippen MR) is 68.6 cm³/mol. The van der Waals surface area contributed by atoms with Crippen LogP contribution in [0.2, 0.25) is 0 Å². The molecule has 0 spiro atoms. The fourth-order valence-electron chi connectivity index (χ4n) is 2.27. The number of anilines is 2. The van der Waals surface area contributed by atoms with Gasteiger partial charge in [-0.2, -0.15) is 9.97 Å². The molecule has 1 unspecified atom stereocenters. The van der Waals surface area contributed by atoms with Crippen molar-refractivity contribution >= 4 is 34.8 Å². The molecule has 9 heteroatoms. The quantitative estimate of drug-likeness (QED) is 0.705. The van der Waals surface area contributed by atoms with Crippen LogP contribution >= 0.6 is 0 Å². The summed E-state index contributed by atoms with van der Waals surface area (Å²) in [5.74, 6) is -0.768. The summed E-state index contributed by atoms with van der Waals surface area (Å²) < 4.78 is 4.67. The molecule has 104 valence electrons. The van der Waals surface area contributed by atoms with E-state index >= 15 is 0 Å². The summed E-state index contributed by atoms with van der Waals surface area (Å²) in [5, 5.41) is 0. The number of hydrogen-bond acceptors (Lipinski definition) is 7. The van der Waals surface area contributed by atoms with Crippen LogP contribution in [0.15, 0.2) is 6.33 Å². The van der Waals surface area contributed by atoms with Gasteiger partial charge >= 0.3 is 5.97 Å². The highest BCUT2D eigenvalue weighted by Crippen LogP contribution is 2.28. The number of aromatic amines is 1. The Bertz CT molecular complexity index is 697. The first-order valence-electron chi connectivity index (χ1n) is 5.95. The monoisotopic (exact) mass is 276 g/mol. The Hall–Kier alpha value is -2.71. The van der Waals surface area contributed by atoms with Gasteiger partial charge in [0.05, 0.1) is 19.4 Å². The minimum absolute atomic E-state index is 0.0221. The van der Waals surface area contributed by atoms with Gasteiger partial charge in [-0.3, -0.25) is 14.5 Å². The van der Waals surface area contributed by atoms with Gasteiger partial charge in [0, 0.05) is 13.0 Å². The van der Waals surface area contributed by atoms with E-state index in [0.717, 1.165) is 0 Å². The molecule has 2 aromatic heterocycles. The number of nitrogens with two attached hydrogens (primary N) is 1. The second-order valence-electron chi connectivity index (χ2n) is 4.44. The first-order valence-corrected chi connectivity index (χ1v) is 5.95. The maximum atomic E-state index is 12.1. The van der Waals surface area contributed by atoms with Crippen molar-refractivity contribution < 1.29 is 14.3 Å². The summed E-state index contributed by atoms with van der Waals surface area (Å²) in [6, 6.07) is 0. The first-order chi connectivity index (χ1) is 9.60. The lowest BCUT2D eigenvalue weighted by Crippen LogP contribution is -2.27. The van der Waals surface area contributed by atoms with Crippen LogP contribution in [0.4, 0.5) is 11.8 Å². The highest BCUT2D eigenvalue weighted by molar-refractivity contribution is 6.03. The standard InChI is InChI=1S/C11H12N6O3/c1-20-10(19)5-2-6(18)17(3-5)9-7-8(14-4-13-7)15-11(12)16-9/h4-5H,2-3H2,1H3,(H3,12,13,14,15,16). The molecular formula is C11H12N6O3. The summed E-state index contributed by atoms with van der Waals surface area (Å²) in [5.41, 5.74) is 6.50. The van der Waals surface area contributed by atoms with Crippen molar-refractivity contribution in [1.29, 1.82) is 0 Å². The van der Waals surface area contributed by atoms with E-state index in [1.807, 2.05) is 0 Å². The van der Waals surface area contributed by atoms with Crippen molar-refractivity contribution in [3.05, 3.63) is 6.33 Å². The molecule has 1 aliphatic rings. The van der Waals surface area contributed by atoms with Gasteiger partial charge in [-0.25, -0.2) is 4.98 Å². The largest absolute Gasteiger partial charge is 0.469 e. The Morgan fingerprint density at radius 2 is 2.35 bits per heavy atom. The zero-order chi connectivity index (χ0) is 14.3. The maximum Gasteiger partial charge on any atom is 0.311 e. The molecule has 1 saturated heterocycles.